The number of rotatable bonds is 7. The number of esters is 2. The summed E-state index contributed by atoms with van der Waals surface area (Å²) in [7, 11) is 0. The average molecular weight is 476 g/mol. The van der Waals surface area contributed by atoms with E-state index in [4.69, 9.17) is 14.6 Å². The van der Waals surface area contributed by atoms with Gasteiger partial charge in [0.15, 0.2) is 11.5 Å². The molecule has 0 amide bonds. The van der Waals surface area contributed by atoms with E-state index in [1.165, 1.54) is 24.4 Å². The first-order valence-corrected chi connectivity index (χ1v) is 10.0. The van der Waals surface area contributed by atoms with Crippen molar-refractivity contribution < 1.29 is 29.0 Å². The van der Waals surface area contributed by atoms with Gasteiger partial charge in [-0.15, -0.1) is 0 Å². The molecule has 0 aromatic heterocycles. The van der Waals surface area contributed by atoms with Crippen molar-refractivity contribution in [2.75, 3.05) is 0 Å². The molecule has 0 heterocycles. The van der Waals surface area contributed by atoms with Crippen LogP contribution in [0.3, 0.4) is 0 Å². The summed E-state index contributed by atoms with van der Waals surface area (Å²) in [6, 6.07) is 9.27. The van der Waals surface area contributed by atoms with Gasteiger partial charge in [0, 0.05) is 16.3 Å². The topological polar surface area (TPSA) is 102 Å². The maximum absolute atomic E-state index is 12.2. The van der Waals surface area contributed by atoms with Crippen molar-refractivity contribution in [3.05, 3.63) is 52.0 Å². The summed E-state index contributed by atoms with van der Waals surface area (Å²) in [5.41, 5.74) is 0.874. The lowest BCUT2D eigenvalue weighted by atomic mass is 10.1. The van der Waals surface area contributed by atoms with Crippen molar-refractivity contribution in [3.63, 3.8) is 0 Å². The minimum atomic E-state index is -1.07. The zero-order chi connectivity index (χ0) is 22.4. The summed E-state index contributed by atoms with van der Waals surface area (Å²) in [6.07, 6.45) is 1.42. The maximum Gasteiger partial charge on any atom is 0.335 e. The third-order valence-corrected chi connectivity index (χ3v) is 4.31. The van der Waals surface area contributed by atoms with Gasteiger partial charge in [-0.3, -0.25) is 14.6 Å². The Labute approximate surface area is 182 Å². The van der Waals surface area contributed by atoms with Crippen molar-refractivity contribution in [2.45, 2.75) is 27.7 Å². The third-order valence-electron chi connectivity index (χ3n) is 3.85. The first kappa shape index (κ1) is 23.3. The standard InChI is InChI=1S/C22H22BrNO6/c1-12(2)21(27)29-18-10-16(23)8-15(19(18)30-22(28)13(3)4)11-24-17-7-5-6-14(9-17)20(25)26/h5-13H,1-4H3,(H,25,26). The second-order valence-corrected chi connectivity index (χ2v) is 8.00. The molecule has 0 spiro atoms. The van der Waals surface area contributed by atoms with Gasteiger partial charge in [-0.2, -0.15) is 0 Å². The molecular formula is C22H22BrNO6. The molecule has 30 heavy (non-hydrogen) atoms. The Morgan fingerprint density at radius 1 is 1.00 bits per heavy atom. The van der Waals surface area contributed by atoms with Gasteiger partial charge in [0.1, 0.15) is 0 Å². The van der Waals surface area contributed by atoms with Crippen LogP contribution in [0.25, 0.3) is 0 Å². The Balaban J connectivity index is 2.52. The lowest BCUT2D eigenvalue weighted by molar-refractivity contribution is -0.140. The Hall–Kier alpha value is -3.00. The van der Waals surface area contributed by atoms with E-state index in [1.807, 2.05) is 0 Å². The highest BCUT2D eigenvalue weighted by Gasteiger charge is 2.21. The molecule has 0 unspecified atom stereocenters. The van der Waals surface area contributed by atoms with Crippen LogP contribution < -0.4 is 9.47 Å². The minimum Gasteiger partial charge on any atom is -0.478 e. The number of halogens is 1. The highest BCUT2D eigenvalue weighted by molar-refractivity contribution is 9.10. The molecule has 2 aromatic carbocycles. The fourth-order valence-corrected chi connectivity index (χ4v) is 2.63. The first-order valence-electron chi connectivity index (χ1n) is 9.22. The van der Waals surface area contributed by atoms with E-state index in [-0.39, 0.29) is 23.0 Å². The van der Waals surface area contributed by atoms with E-state index in [1.54, 1.807) is 45.9 Å². The van der Waals surface area contributed by atoms with E-state index in [0.29, 0.717) is 15.7 Å². The molecule has 0 aliphatic heterocycles. The summed E-state index contributed by atoms with van der Waals surface area (Å²) in [5, 5.41) is 9.13. The monoisotopic (exact) mass is 475 g/mol. The molecule has 0 aliphatic carbocycles. The van der Waals surface area contributed by atoms with Gasteiger partial charge in [0.2, 0.25) is 0 Å². The second-order valence-electron chi connectivity index (χ2n) is 7.09. The van der Waals surface area contributed by atoms with Crippen LogP contribution in [0.2, 0.25) is 0 Å². The summed E-state index contributed by atoms with van der Waals surface area (Å²) in [6.45, 7) is 6.76. The van der Waals surface area contributed by atoms with E-state index in [9.17, 15) is 14.4 Å². The zero-order valence-corrected chi connectivity index (χ0v) is 18.6. The van der Waals surface area contributed by atoms with Gasteiger partial charge in [-0.25, -0.2) is 4.79 Å². The van der Waals surface area contributed by atoms with Crippen LogP contribution in [0.5, 0.6) is 11.5 Å². The van der Waals surface area contributed by atoms with Gasteiger partial charge in [-0.05, 0) is 30.3 Å². The number of hydrogen-bond donors (Lipinski definition) is 1. The van der Waals surface area contributed by atoms with Crippen molar-refractivity contribution >= 4 is 45.7 Å². The Bertz CT molecular complexity index is 997. The smallest absolute Gasteiger partial charge is 0.335 e. The predicted molar refractivity (Wildman–Crippen MR) is 116 cm³/mol. The second kappa shape index (κ2) is 10.2. The highest BCUT2D eigenvalue weighted by Crippen LogP contribution is 2.36. The van der Waals surface area contributed by atoms with Gasteiger partial charge < -0.3 is 14.6 Å². The molecule has 8 heteroatoms. The molecule has 0 fully saturated rings. The number of carbonyl (C=O) groups excluding carboxylic acids is 2. The highest BCUT2D eigenvalue weighted by atomic mass is 79.9. The molecule has 0 atom stereocenters. The normalized spacial score (nSPS) is 11.2. The van der Waals surface area contributed by atoms with Gasteiger partial charge in [0.05, 0.1) is 23.1 Å². The fraction of sp³-hybridized carbons (Fsp3) is 0.273. The molecule has 0 radical (unpaired) electrons. The van der Waals surface area contributed by atoms with Gasteiger partial charge in [-0.1, -0.05) is 49.7 Å². The molecule has 0 aliphatic rings. The summed E-state index contributed by atoms with van der Waals surface area (Å²) >= 11 is 3.36. The third kappa shape index (κ3) is 6.25. The summed E-state index contributed by atoms with van der Waals surface area (Å²) < 4.78 is 11.5. The number of carboxylic acid groups (broad SMARTS) is 1. The summed E-state index contributed by atoms with van der Waals surface area (Å²) in [4.78, 5) is 39.8. The Morgan fingerprint density at radius 3 is 2.23 bits per heavy atom. The van der Waals surface area contributed by atoms with Crippen LogP contribution >= 0.6 is 15.9 Å². The number of carboxylic acids is 1. The molecule has 0 saturated carbocycles. The number of ether oxygens (including phenoxy) is 2. The average Bonchev–Trinajstić information content (AvgIpc) is 2.68. The number of aromatic carboxylic acids is 1. The number of hydrogen-bond acceptors (Lipinski definition) is 6. The maximum atomic E-state index is 12.2. The van der Waals surface area contributed by atoms with Crippen LogP contribution in [0.15, 0.2) is 45.9 Å². The molecule has 1 N–H and O–H groups in total. The van der Waals surface area contributed by atoms with Crippen LogP contribution in [0.1, 0.15) is 43.6 Å². The van der Waals surface area contributed by atoms with Crippen molar-refractivity contribution in [2.24, 2.45) is 16.8 Å². The lowest BCUT2D eigenvalue weighted by Gasteiger charge is -2.15. The van der Waals surface area contributed by atoms with Crippen LogP contribution in [-0.2, 0) is 9.59 Å². The van der Waals surface area contributed by atoms with E-state index < -0.39 is 23.8 Å². The van der Waals surface area contributed by atoms with Gasteiger partial charge in [0.25, 0.3) is 0 Å². The molecule has 0 saturated heterocycles. The van der Waals surface area contributed by atoms with E-state index in [0.717, 1.165) is 0 Å². The Morgan fingerprint density at radius 2 is 1.63 bits per heavy atom. The summed E-state index contributed by atoms with van der Waals surface area (Å²) in [5.74, 6) is -2.69. The van der Waals surface area contributed by atoms with Crippen molar-refractivity contribution in [1.29, 1.82) is 0 Å². The fourth-order valence-electron chi connectivity index (χ4n) is 2.18. The van der Waals surface area contributed by atoms with Crippen LogP contribution in [0, 0.1) is 11.8 Å². The SMILES string of the molecule is CC(C)C(=O)Oc1cc(Br)cc(C=Nc2cccc(C(=O)O)c2)c1OC(=O)C(C)C. The molecule has 0 bridgehead atoms. The van der Waals surface area contributed by atoms with Crippen LogP contribution in [0.4, 0.5) is 5.69 Å². The zero-order valence-electron chi connectivity index (χ0n) is 17.0. The van der Waals surface area contributed by atoms with Crippen molar-refractivity contribution in [3.8, 4) is 11.5 Å². The molecule has 7 nitrogen and oxygen atoms in total. The van der Waals surface area contributed by atoms with E-state index in [2.05, 4.69) is 20.9 Å². The number of nitrogens with zero attached hydrogens (tertiary/aromatic N) is 1. The van der Waals surface area contributed by atoms with Crippen LogP contribution in [-0.4, -0.2) is 29.2 Å². The van der Waals surface area contributed by atoms with E-state index >= 15 is 0 Å². The predicted octanol–water partition coefficient (Wildman–Crippen LogP) is 5.02. The first-order chi connectivity index (χ1) is 14.1. The quantitative estimate of drug-likeness (QED) is 0.342. The number of carbonyl (C=O) groups is 3. The lowest BCUT2D eigenvalue weighted by Crippen LogP contribution is -2.19. The van der Waals surface area contributed by atoms with Crippen molar-refractivity contribution in [1.82, 2.24) is 0 Å². The molecular weight excluding hydrogens is 454 g/mol. The largest absolute Gasteiger partial charge is 0.478 e. The number of benzene rings is 2. The Kier molecular flexibility index (Phi) is 7.88. The molecule has 2 rings (SSSR count). The molecule has 158 valence electrons. The van der Waals surface area contributed by atoms with Gasteiger partial charge >= 0.3 is 17.9 Å². The molecule has 2 aromatic rings. The minimum absolute atomic E-state index is 0.0593. The number of aliphatic imine (C=N–C) groups is 1.